The van der Waals surface area contributed by atoms with Gasteiger partial charge < -0.3 is 11.1 Å². The lowest BCUT2D eigenvalue weighted by Gasteiger charge is -2.09. The van der Waals surface area contributed by atoms with E-state index in [0.717, 1.165) is 26.8 Å². The van der Waals surface area contributed by atoms with Crippen LogP contribution in [0.3, 0.4) is 0 Å². The van der Waals surface area contributed by atoms with Crippen molar-refractivity contribution in [2.24, 2.45) is 7.05 Å². The number of nitrogens with zero attached hydrogens (tertiary/aromatic N) is 3. The molecular formula is C13H12BrN5. The summed E-state index contributed by atoms with van der Waals surface area (Å²) < 4.78 is 2.65. The van der Waals surface area contributed by atoms with Crippen LogP contribution in [0.15, 0.2) is 41.3 Å². The second-order valence-electron chi connectivity index (χ2n) is 4.28. The number of pyridine rings is 1. The zero-order valence-electron chi connectivity index (χ0n) is 10.3. The molecule has 0 saturated heterocycles. The summed E-state index contributed by atoms with van der Waals surface area (Å²) in [6.07, 6.45) is 5.43. The van der Waals surface area contributed by atoms with E-state index in [1.807, 2.05) is 31.4 Å². The lowest BCUT2D eigenvalue weighted by atomic mass is 10.1. The van der Waals surface area contributed by atoms with Gasteiger partial charge in [-0.2, -0.15) is 5.10 Å². The zero-order valence-corrected chi connectivity index (χ0v) is 11.8. The van der Waals surface area contributed by atoms with E-state index in [-0.39, 0.29) is 0 Å². The second-order valence-corrected chi connectivity index (χ2v) is 5.20. The first-order valence-electron chi connectivity index (χ1n) is 5.73. The molecule has 3 N–H and O–H groups in total. The molecule has 19 heavy (non-hydrogen) atoms. The number of hydrogen-bond donors (Lipinski definition) is 2. The lowest BCUT2D eigenvalue weighted by molar-refractivity contribution is 0.768. The number of rotatable bonds is 2. The Hall–Kier alpha value is -2.08. The van der Waals surface area contributed by atoms with Crippen molar-refractivity contribution in [3.8, 4) is 0 Å². The number of hydrogen-bond acceptors (Lipinski definition) is 4. The molecule has 2 heterocycles. The maximum absolute atomic E-state index is 5.99. The molecule has 0 aliphatic rings. The van der Waals surface area contributed by atoms with Crippen LogP contribution in [-0.4, -0.2) is 14.8 Å². The topological polar surface area (TPSA) is 68.8 Å². The van der Waals surface area contributed by atoms with Crippen LogP contribution in [-0.2, 0) is 7.05 Å². The summed E-state index contributed by atoms with van der Waals surface area (Å²) in [7, 11) is 1.88. The number of aryl methyl sites for hydroxylation is 1. The molecule has 5 nitrogen and oxygen atoms in total. The molecule has 0 amide bonds. The van der Waals surface area contributed by atoms with Crippen LogP contribution in [0.1, 0.15) is 0 Å². The maximum atomic E-state index is 5.99. The van der Waals surface area contributed by atoms with Crippen LogP contribution >= 0.6 is 15.9 Å². The fourth-order valence-corrected chi connectivity index (χ4v) is 2.29. The van der Waals surface area contributed by atoms with E-state index < -0.39 is 0 Å². The Kier molecular flexibility index (Phi) is 2.87. The summed E-state index contributed by atoms with van der Waals surface area (Å²) in [6, 6.07) is 5.76. The van der Waals surface area contributed by atoms with Crippen molar-refractivity contribution in [2.75, 3.05) is 11.1 Å². The molecule has 0 fully saturated rings. The standard InChI is InChI=1S/C13H12BrN5/c1-19-7-9(6-17-19)18-12-3-2-11(15)10-4-8(14)5-16-13(10)12/h2-7,18H,15H2,1H3. The minimum atomic E-state index is 0.709. The lowest BCUT2D eigenvalue weighted by Crippen LogP contribution is -1.95. The van der Waals surface area contributed by atoms with Crippen LogP contribution in [0, 0.1) is 0 Å². The number of nitrogens with two attached hydrogens (primary N) is 1. The molecule has 96 valence electrons. The Labute approximate surface area is 118 Å². The van der Waals surface area contributed by atoms with Crippen molar-refractivity contribution in [1.82, 2.24) is 14.8 Å². The van der Waals surface area contributed by atoms with Gasteiger partial charge in [-0.1, -0.05) is 0 Å². The molecule has 1 aromatic carbocycles. The van der Waals surface area contributed by atoms with E-state index in [2.05, 4.69) is 31.3 Å². The number of fused-ring (bicyclic) bond motifs is 1. The van der Waals surface area contributed by atoms with Crippen LogP contribution in [0.25, 0.3) is 10.9 Å². The molecule has 6 heteroatoms. The predicted octanol–water partition coefficient (Wildman–Crippen LogP) is 3.06. The van der Waals surface area contributed by atoms with Gasteiger partial charge in [-0.3, -0.25) is 9.67 Å². The first-order chi connectivity index (χ1) is 9.13. The summed E-state index contributed by atoms with van der Waals surface area (Å²) in [5, 5.41) is 8.34. The largest absolute Gasteiger partial charge is 0.398 e. The summed E-state index contributed by atoms with van der Waals surface area (Å²) in [5.74, 6) is 0. The number of anilines is 3. The fraction of sp³-hybridized carbons (Fsp3) is 0.0769. The highest BCUT2D eigenvalue weighted by Gasteiger charge is 2.07. The molecular weight excluding hydrogens is 306 g/mol. The third-order valence-electron chi connectivity index (χ3n) is 2.83. The van der Waals surface area contributed by atoms with Gasteiger partial charge in [0.25, 0.3) is 0 Å². The highest BCUT2D eigenvalue weighted by atomic mass is 79.9. The molecule has 0 bridgehead atoms. The monoisotopic (exact) mass is 317 g/mol. The van der Waals surface area contributed by atoms with Crippen molar-refractivity contribution < 1.29 is 0 Å². The summed E-state index contributed by atoms with van der Waals surface area (Å²) in [5.41, 5.74) is 9.36. The van der Waals surface area contributed by atoms with Crippen molar-refractivity contribution in [2.45, 2.75) is 0 Å². The molecule has 3 aromatic rings. The third-order valence-corrected chi connectivity index (χ3v) is 3.27. The second kappa shape index (κ2) is 4.55. The van der Waals surface area contributed by atoms with Crippen molar-refractivity contribution in [3.05, 3.63) is 41.3 Å². The molecule has 3 rings (SSSR count). The fourth-order valence-electron chi connectivity index (χ4n) is 1.96. The maximum Gasteiger partial charge on any atom is 0.0958 e. The van der Waals surface area contributed by atoms with Crippen LogP contribution < -0.4 is 11.1 Å². The van der Waals surface area contributed by atoms with Gasteiger partial charge in [0.15, 0.2) is 0 Å². The zero-order chi connectivity index (χ0) is 13.4. The van der Waals surface area contributed by atoms with E-state index in [4.69, 9.17) is 5.73 Å². The Bertz CT molecular complexity index is 750. The molecule has 2 aromatic heterocycles. The summed E-state index contributed by atoms with van der Waals surface area (Å²) in [6.45, 7) is 0. The van der Waals surface area contributed by atoms with Gasteiger partial charge in [0.05, 0.1) is 23.1 Å². The van der Waals surface area contributed by atoms with Gasteiger partial charge in [-0.15, -0.1) is 0 Å². The van der Waals surface area contributed by atoms with Crippen LogP contribution in [0.4, 0.5) is 17.1 Å². The smallest absolute Gasteiger partial charge is 0.0958 e. The van der Waals surface area contributed by atoms with Gasteiger partial charge in [-0.05, 0) is 34.1 Å². The van der Waals surface area contributed by atoms with E-state index in [1.165, 1.54) is 0 Å². The first kappa shape index (κ1) is 12.0. The number of nitrogen functional groups attached to an aromatic ring is 1. The Morgan fingerprint density at radius 3 is 2.89 bits per heavy atom. The number of halogens is 1. The highest BCUT2D eigenvalue weighted by molar-refractivity contribution is 9.10. The average molecular weight is 318 g/mol. The third kappa shape index (κ3) is 2.26. The summed E-state index contributed by atoms with van der Waals surface area (Å²) >= 11 is 3.41. The molecule has 0 aliphatic heterocycles. The van der Waals surface area contributed by atoms with Crippen molar-refractivity contribution in [1.29, 1.82) is 0 Å². The molecule has 0 unspecified atom stereocenters. The molecule has 0 radical (unpaired) electrons. The van der Waals surface area contributed by atoms with E-state index in [9.17, 15) is 0 Å². The number of nitrogens with one attached hydrogen (secondary N) is 1. The Balaban J connectivity index is 2.11. The molecule has 0 atom stereocenters. The van der Waals surface area contributed by atoms with Gasteiger partial charge in [0.1, 0.15) is 0 Å². The van der Waals surface area contributed by atoms with Gasteiger partial charge in [0.2, 0.25) is 0 Å². The minimum Gasteiger partial charge on any atom is -0.398 e. The van der Waals surface area contributed by atoms with Crippen molar-refractivity contribution >= 4 is 43.9 Å². The number of aromatic nitrogens is 3. The average Bonchev–Trinajstić information content (AvgIpc) is 2.79. The molecule has 0 aliphatic carbocycles. The predicted molar refractivity (Wildman–Crippen MR) is 80.3 cm³/mol. The van der Waals surface area contributed by atoms with Gasteiger partial charge in [0, 0.05) is 35.0 Å². The van der Waals surface area contributed by atoms with Gasteiger partial charge in [-0.25, -0.2) is 0 Å². The highest BCUT2D eigenvalue weighted by Crippen LogP contribution is 2.30. The van der Waals surface area contributed by atoms with E-state index in [0.29, 0.717) is 5.69 Å². The van der Waals surface area contributed by atoms with Crippen LogP contribution in [0.2, 0.25) is 0 Å². The Morgan fingerprint density at radius 1 is 1.32 bits per heavy atom. The molecule has 0 spiro atoms. The first-order valence-corrected chi connectivity index (χ1v) is 6.52. The number of benzene rings is 1. The van der Waals surface area contributed by atoms with Crippen molar-refractivity contribution in [3.63, 3.8) is 0 Å². The SMILES string of the molecule is Cn1cc(Nc2ccc(N)c3cc(Br)cnc23)cn1. The minimum absolute atomic E-state index is 0.709. The quantitative estimate of drug-likeness (QED) is 0.713. The van der Waals surface area contributed by atoms with E-state index >= 15 is 0 Å². The Morgan fingerprint density at radius 2 is 2.16 bits per heavy atom. The van der Waals surface area contributed by atoms with Gasteiger partial charge >= 0.3 is 0 Å². The normalized spacial score (nSPS) is 10.8. The summed E-state index contributed by atoms with van der Waals surface area (Å²) in [4.78, 5) is 4.43. The van der Waals surface area contributed by atoms with Crippen LogP contribution in [0.5, 0.6) is 0 Å². The molecule has 0 saturated carbocycles. The van der Waals surface area contributed by atoms with E-state index in [1.54, 1.807) is 17.1 Å².